The Kier molecular flexibility index (Phi) is 6.56. The summed E-state index contributed by atoms with van der Waals surface area (Å²) in [6.45, 7) is 0. The number of aryl methyl sites for hydroxylation is 1. The Morgan fingerprint density at radius 2 is 1.59 bits per heavy atom. The minimum atomic E-state index is -0.151. The lowest BCUT2D eigenvalue weighted by molar-refractivity contribution is -0.120. The van der Waals surface area contributed by atoms with E-state index in [2.05, 4.69) is 12.1 Å². The molecule has 0 N–H and O–H groups in total. The van der Waals surface area contributed by atoms with Gasteiger partial charge in [-0.05, 0) is 30.4 Å². The van der Waals surface area contributed by atoms with Gasteiger partial charge in [0.2, 0.25) is 0 Å². The second kappa shape index (κ2) is 8.93. The van der Waals surface area contributed by atoms with Gasteiger partial charge in [0.1, 0.15) is 12.1 Å². The normalized spacial score (nSPS) is 11.8. The molecule has 1 unspecified atom stereocenters. The lowest BCUT2D eigenvalue weighted by Gasteiger charge is -2.15. The fourth-order valence-electron chi connectivity index (χ4n) is 2.72. The van der Waals surface area contributed by atoms with E-state index >= 15 is 0 Å². The van der Waals surface area contributed by atoms with E-state index < -0.39 is 0 Å². The molecule has 0 aliphatic rings. The number of carbonyl (C=O) groups is 2. The Hall–Kier alpha value is -2.22. The number of carbonyl (C=O) groups excluding carboxylic acids is 2. The Morgan fingerprint density at radius 3 is 2.23 bits per heavy atom. The summed E-state index contributed by atoms with van der Waals surface area (Å²) in [7, 11) is 0. The molecule has 0 aromatic heterocycles. The van der Waals surface area contributed by atoms with Gasteiger partial charge in [0, 0.05) is 18.8 Å². The monoisotopic (exact) mass is 294 g/mol. The molecule has 2 aromatic carbocycles. The third kappa shape index (κ3) is 4.96. The SMILES string of the molecule is O=CCCC(C(=O)CCCc1ccccc1)c1ccccc1. The van der Waals surface area contributed by atoms with E-state index in [9.17, 15) is 9.59 Å². The molecule has 2 nitrogen and oxygen atoms in total. The standard InChI is InChI=1S/C20H22O2/c21-16-8-14-19(18-12-5-2-6-13-18)20(22)15-7-11-17-9-3-1-4-10-17/h1-6,9-10,12-13,16,19H,7-8,11,14-15H2. The fraction of sp³-hybridized carbons (Fsp3) is 0.300. The predicted octanol–water partition coefficient (Wildman–Crippen LogP) is 4.34. The summed E-state index contributed by atoms with van der Waals surface area (Å²) in [6.07, 6.45) is 4.28. The summed E-state index contributed by atoms with van der Waals surface area (Å²) in [5, 5.41) is 0. The molecular weight excluding hydrogens is 272 g/mol. The Labute approximate surface area is 132 Å². The molecule has 0 saturated heterocycles. The molecule has 1 atom stereocenters. The molecule has 0 bridgehead atoms. The van der Waals surface area contributed by atoms with Crippen molar-refractivity contribution in [2.45, 2.75) is 38.0 Å². The smallest absolute Gasteiger partial charge is 0.140 e. The molecule has 2 rings (SSSR count). The van der Waals surface area contributed by atoms with Gasteiger partial charge in [-0.1, -0.05) is 60.7 Å². The lowest BCUT2D eigenvalue weighted by atomic mass is 9.88. The van der Waals surface area contributed by atoms with Gasteiger partial charge in [0.25, 0.3) is 0 Å². The third-order valence-electron chi connectivity index (χ3n) is 3.90. The van der Waals surface area contributed by atoms with Crippen LogP contribution in [0.5, 0.6) is 0 Å². The summed E-state index contributed by atoms with van der Waals surface area (Å²) in [6, 6.07) is 20.0. The Bertz CT molecular complexity index is 575. The topological polar surface area (TPSA) is 34.1 Å². The lowest BCUT2D eigenvalue weighted by Crippen LogP contribution is -2.13. The molecule has 0 aliphatic heterocycles. The first-order valence-corrected chi connectivity index (χ1v) is 7.86. The van der Waals surface area contributed by atoms with Crippen molar-refractivity contribution in [3.8, 4) is 0 Å². The maximum Gasteiger partial charge on any atom is 0.140 e. The molecule has 0 radical (unpaired) electrons. The highest BCUT2D eigenvalue weighted by atomic mass is 16.1. The first kappa shape index (κ1) is 16.2. The van der Waals surface area contributed by atoms with E-state index in [1.165, 1.54) is 5.56 Å². The van der Waals surface area contributed by atoms with Crippen molar-refractivity contribution in [1.82, 2.24) is 0 Å². The zero-order valence-electron chi connectivity index (χ0n) is 12.8. The fourth-order valence-corrected chi connectivity index (χ4v) is 2.72. The van der Waals surface area contributed by atoms with Gasteiger partial charge in [-0.2, -0.15) is 0 Å². The zero-order chi connectivity index (χ0) is 15.6. The van der Waals surface area contributed by atoms with Gasteiger partial charge >= 0.3 is 0 Å². The van der Waals surface area contributed by atoms with E-state index in [1.54, 1.807) is 0 Å². The number of hydrogen-bond donors (Lipinski definition) is 0. The summed E-state index contributed by atoms with van der Waals surface area (Å²) in [5.41, 5.74) is 2.29. The van der Waals surface area contributed by atoms with E-state index in [0.29, 0.717) is 19.3 Å². The minimum Gasteiger partial charge on any atom is -0.303 e. The van der Waals surface area contributed by atoms with Crippen LogP contribution in [0.15, 0.2) is 60.7 Å². The van der Waals surface area contributed by atoms with Crippen LogP contribution in [0.25, 0.3) is 0 Å². The van der Waals surface area contributed by atoms with E-state index in [4.69, 9.17) is 0 Å². The molecule has 0 heterocycles. The third-order valence-corrected chi connectivity index (χ3v) is 3.90. The molecule has 0 saturated carbocycles. The molecule has 22 heavy (non-hydrogen) atoms. The van der Waals surface area contributed by atoms with Crippen molar-refractivity contribution in [1.29, 1.82) is 0 Å². The van der Waals surface area contributed by atoms with Crippen LogP contribution in [0.1, 0.15) is 42.7 Å². The molecule has 0 fully saturated rings. The van der Waals surface area contributed by atoms with Gasteiger partial charge in [-0.3, -0.25) is 4.79 Å². The number of aldehydes is 1. The molecular formula is C20H22O2. The quantitative estimate of drug-likeness (QED) is 0.645. The Morgan fingerprint density at radius 1 is 0.955 bits per heavy atom. The van der Waals surface area contributed by atoms with Crippen LogP contribution in [-0.4, -0.2) is 12.1 Å². The highest BCUT2D eigenvalue weighted by molar-refractivity contribution is 5.86. The van der Waals surface area contributed by atoms with Crippen molar-refractivity contribution in [2.75, 3.05) is 0 Å². The van der Waals surface area contributed by atoms with Gasteiger partial charge in [0.05, 0.1) is 0 Å². The number of ketones is 1. The summed E-state index contributed by atoms with van der Waals surface area (Å²) in [5.74, 6) is 0.0890. The van der Waals surface area contributed by atoms with Crippen LogP contribution >= 0.6 is 0 Å². The summed E-state index contributed by atoms with van der Waals surface area (Å²) in [4.78, 5) is 23.2. The number of rotatable bonds is 9. The predicted molar refractivity (Wildman–Crippen MR) is 88.9 cm³/mol. The molecule has 0 spiro atoms. The van der Waals surface area contributed by atoms with Crippen molar-refractivity contribution >= 4 is 12.1 Å². The summed E-state index contributed by atoms with van der Waals surface area (Å²) < 4.78 is 0. The van der Waals surface area contributed by atoms with Crippen LogP contribution in [0.2, 0.25) is 0 Å². The molecule has 2 heteroatoms. The van der Waals surface area contributed by atoms with Gasteiger partial charge < -0.3 is 4.79 Å². The van der Waals surface area contributed by atoms with Crippen LogP contribution in [0, 0.1) is 0 Å². The largest absolute Gasteiger partial charge is 0.303 e. The minimum absolute atomic E-state index is 0.151. The number of hydrogen-bond acceptors (Lipinski definition) is 2. The molecule has 2 aromatic rings. The van der Waals surface area contributed by atoms with Gasteiger partial charge in [0.15, 0.2) is 0 Å². The molecule has 0 aliphatic carbocycles. The average molecular weight is 294 g/mol. The molecule has 0 amide bonds. The second-order valence-corrected chi connectivity index (χ2v) is 5.51. The molecule has 114 valence electrons. The summed E-state index contributed by atoms with van der Waals surface area (Å²) >= 11 is 0. The van der Waals surface area contributed by atoms with Crippen molar-refractivity contribution < 1.29 is 9.59 Å². The van der Waals surface area contributed by atoms with Gasteiger partial charge in [-0.15, -0.1) is 0 Å². The van der Waals surface area contributed by atoms with E-state index in [-0.39, 0.29) is 11.7 Å². The van der Waals surface area contributed by atoms with Crippen LogP contribution in [0.4, 0.5) is 0 Å². The average Bonchev–Trinajstić information content (AvgIpc) is 2.57. The van der Waals surface area contributed by atoms with E-state index in [1.807, 2.05) is 48.5 Å². The Balaban J connectivity index is 1.92. The number of benzene rings is 2. The van der Waals surface area contributed by atoms with Gasteiger partial charge in [-0.25, -0.2) is 0 Å². The van der Waals surface area contributed by atoms with Crippen LogP contribution in [0.3, 0.4) is 0 Å². The van der Waals surface area contributed by atoms with E-state index in [0.717, 1.165) is 24.7 Å². The highest BCUT2D eigenvalue weighted by Crippen LogP contribution is 2.24. The first-order valence-electron chi connectivity index (χ1n) is 7.86. The van der Waals surface area contributed by atoms with Crippen molar-refractivity contribution in [2.24, 2.45) is 0 Å². The number of Topliss-reactive ketones (excluding diaryl/α,β-unsaturated/α-hetero) is 1. The zero-order valence-corrected chi connectivity index (χ0v) is 12.8. The first-order chi connectivity index (χ1) is 10.8. The second-order valence-electron chi connectivity index (χ2n) is 5.51. The van der Waals surface area contributed by atoms with Crippen molar-refractivity contribution in [3.05, 3.63) is 71.8 Å². The van der Waals surface area contributed by atoms with Crippen LogP contribution in [-0.2, 0) is 16.0 Å². The van der Waals surface area contributed by atoms with Crippen molar-refractivity contribution in [3.63, 3.8) is 0 Å². The highest BCUT2D eigenvalue weighted by Gasteiger charge is 2.19. The maximum absolute atomic E-state index is 12.5. The maximum atomic E-state index is 12.5. The van der Waals surface area contributed by atoms with Crippen LogP contribution < -0.4 is 0 Å².